The van der Waals surface area contributed by atoms with E-state index in [9.17, 15) is 9.59 Å². The number of rotatable bonds is 11. The first-order chi connectivity index (χ1) is 9.07. The Kier molecular flexibility index (Phi) is 10.8. The number of methoxy groups -OCH3 is 1. The summed E-state index contributed by atoms with van der Waals surface area (Å²) in [7, 11) is 1.59. The molecule has 1 atom stereocenters. The van der Waals surface area contributed by atoms with Gasteiger partial charge >= 0.3 is 12.0 Å². The summed E-state index contributed by atoms with van der Waals surface area (Å²) in [4.78, 5) is 21.5. The number of aliphatic hydroxyl groups is 1. The number of carboxylic acids is 1. The summed E-state index contributed by atoms with van der Waals surface area (Å²) >= 11 is 0. The molecule has 8 heteroatoms. The standard InChI is InChI=1S/C11H22N2O6/c1-18-7-8-19-6-2-4-12-11(17)13-5-3-9(14)10(15)16/h9,14H,2-8H2,1H3,(H,15,16)(H2,12,13,17)/t9-/m0/s1. The summed E-state index contributed by atoms with van der Waals surface area (Å²) in [5, 5.41) is 22.4. The van der Waals surface area contributed by atoms with E-state index in [2.05, 4.69) is 10.6 Å². The molecule has 0 unspecified atom stereocenters. The molecule has 0 saturated heterocycles. The number of carbonyl (C=O) groups excluding carboxylic acids is 1. The van der Waals surface area contributed by atoms with Crippen LogP contribution in [-0.4, -0.2) is 68.3 Å². The maximum atomic E-state index is 11.2. The zero-order chi connectivity index (χ0) is 14.5. The summed E-state index contributed by atoms with van der Waals surface area (Å²) in [6.45, 7) is 2.15. The van der Waals surface area contributed by atoms with E-state index in [0.717, 1.165) is 0 Å². The Morgan fingerprint density at radius 3 is 2.47 bits per heavy atom. The molecule has 0 aromatic rings. The van der Waals surface area contributed by atoms with Gasteiger partial charge in [-0.2, -0.15) is 0 Å². The van der Waals surface area contributed by atoms with Crippen LogP contribution in [0.4, 0.5) is 4.79 Å². The number of amides is 2. The molecular weight excluding hydrogens is 256 g/mol. The van der Waals surface area contributed by atoms with E-state index in [1.165, 1.54) is 0 Å². The first kappa shape index (κ1) is 17.6. The number of nitrogens with one attached hydrogen (secondary N) is 2. The molecule has 0 heterocycles. The molecule has 2 amide bonds. The van der Waals surface area contributed by atoms with Gasteiger partial charge in [-0.15, -0.1) is 0 Å². The monoisotopic (exact) mass is 278 g/mol. The third-order valence-corrected chi connectivity index (χ3v) is 2.17. The number of hydrogen-bond acceptors (Lipinski definition) is 5. The minimum absolute atomic E-state index is 0.0249. The lowest BCUT2D eigenvalue weighted by molar-refractivity contribution is -0.146. The van der Waals surface area contributed by atoms with Crippen LogP contribution in [0, 0.1) is 0 Å². The fourth-order valence-electron chi connectivity index (χ4n) is 1.13. The SMILES string of the molecule is COCCOCCCNC(=O)NCC[C@H](O)C(=O)O. The lowest BCUT2D eigenvalue weighted by Crippen LogP contribution is -2.38. The van der Waals surface area contributed by atoms with Gasteiger partial charge in [-0.25, -0.2) is 9.59 Å². The van der Waals surface area contributed by atoms with Gasteiger partial charge in [0.05, 0.1) is 13.2 Å². The lowest BCUT2D eigenvalue weighted by Gasteiger charge is -2.09. The van der Waals surface area contributed by atoms with E-state index in [1.54, 1.807) is 7.11 Å². The Morgan fingerprint density at radius 1 is 1.16 bits per heavy atom. The van der Waals surface area contributed by atoms with Crippen LogP contribution in [0.2, 0.25) is 0 Å². The van der Waals surface area contributed by atoms with Crippen molar-refractivity contribution in [3.63, 3.8) is 0 Å². The zero-order valence-electron chi connectivity index (χ0n) is 11.1. The number of carboxylic acid groups (broad SMARTS) is 1. The summed E-state index contributed by atoms with van der Waals surface area (Å²) in [6.07, 6.45) is -0.799. The summed E-state index contributed by atoms with van der Waals surface area (Å²) < 4.78 is 10.00. The molecule has 0 aliphatic rings. The summed E-state index contributed by atoms with van der Waals surface area (Å²) in [6, 6.07) is -0.394. The van der Waals surface area contributed by atoms with Crippen LogP contribution < -0.4 is 10.6 Å². The molecule has 112 valence electrons. The first-order valence-electron chi connectivity index (χ1n) is 6.07. The molecule has 0 aromatic carbocycles. The highest BCUT2D eigenvalue weighted by molar-refractivity contribution is 5.74. The highest BCUT2D eigenvalue weighted by Crippen LogP contribution is 1.89. The maximum absolute atomic E-state index is 11.2. The second-order valence-corrected chi connectivity index (χ2v) is 3.78. The van der Waals surface area contributed by atoms with Crippen molar-refractivity contribution < 1.29 is 29.3 Å². The van der Waals surface area contributed by atoms with Gasteiger partial charge in [-0.3, -0.25) is 0 Å². The molecule has 0 radical (unpaired) electrons. The smallest absolute Gasteiger partial charge is 0.332 e. The Morgan fingerprint density at radius 2 is 1.84 bits per heavy atom. The Labute approximate surface area is 112 Å². The van der Waals surface area contributed by atoms with Crippen LogP contribution in [0.15, 0.2) is 0 Å². The van der Waals surface area contributed by atoms with Gasteiger partial charge in [0.2, 0.25) is 0 Å². The van der Waals surface area contributed by atoms with Gasteiger partial charge in [-0.05, 0) is 6.42 Å². The maximum Gasteiger partial charge on any atom is 0.332 e. The number of hydrogen-bond donors (Lipinski definition) is 4. The molecule has 0 fully saturated rings. The van der Waals surface area contributed by atoms with E-state index in [-0.39, 0.29) is 13.0 Å². The van der Waals surface area contributed by atoms with Crippen molar-refractivity contribution in [2.24, 2.45) is 0 Å². The molecule has 8 nitrogen and oxygen atoms in total. The van der Waals surface area contributed by atoms with Crippen molar-refractivity contribution in [2.45, 2.75) is 18.9 Å². The summed E-state index contributed by atoms with van der Waals surface area (Å²) in [5.74, 6) is -1.30. The van der Waals surface area contributed by atoms with Crippen molar-refractivity contribution >= 4 is 12.0 Å². The van der Waals surface area contributed by atoms with Gasteiger partial charge in [0.25, 0.3) is 0 Å². The highest BCUT2D eigenvalue weighted by atomic mass is 16.5. The van der Waals surface area contributed by atoms with Crippen LogP contribution in [0.5, 0.6) is 0 Å². The van der Waals surface area contributed by atoms with Crippen LogP contribution in [0.3, 0.4) is 0 Å². The van der Waals surface area contributed by atoms with E-state index in [1.807, 2.05) is 0 Å². The fourth-order valence-corrected chi connectivity index (χ4v) is 1.13. The quantitative estimate of drug-likeness (QED) is 0.367. The minimum atomic E-state index is -1.45. The van der Waals surface area contributed by atoms with Crippen LogP contribution in [0.25, 0.3) is 0 Å². The van der Waals surface area contributed by atoms with E-state index >= 15 is 0 Å². The van der Waals surface area contributed by atoms with Gasteiger partial charge in [-0.1, -0.05) is 0 Å². The second-order valence-electron chi connectivity index (χ2n) is 3.78. The van der Waals surface area contributed by atoms with E-state index in [0.29, 0.717) is 32.8 Å². The molecule has 0 saturated carbocycles. The first-order valence-corrected chi connectivity index (χ1v) is 6.07. The third kappa shape index (κ3) is 11.4. The molecule has 0 spiro atoms. The number of ether oxygens (including phenoxy) is 2. The van der Waals surface area contributed by atoms with Crippen molar-refractivity contribution in [2.75, 3.05) is 40.0 Å². The Balaban J connectivity index is 3.33. The van der Waals surface area contributed by atoms with Crippen LogP contribution >= 0.6 is 0 Å². The largest absolute Gasteiger partial charge is 0.479 e. The van der Waals surface area contributed by atoms with Crippen LogP contribution in [-0.2, 0) is 14.3 Å². The normalized spacial score (nSPS) is 11.9. The van der Waals surface area contributed by atoms with E-state index in [4.69, 9.17) is 19.7 Å². The van der Waals surface area contributed by atoms with E-state index < -0.39 is 18.1 Å². The predicted molar refractivity (Wildman–Crippen MR) is 67.0 cm³/mol. The highest BCUT2D eigenvalue weighted by Gasteiger charge is 2.12. The predicted octanol–water partition coefficient (Wildman–Crippen LogP) is -0.826. The molecule has 0 aromatic heterocycles. The average molecular weight is 278 g/mol. The average Bonchev–Trinajstić information content (AvgIpc) is 2.37. The van der Waals surface area contributed by atoms with Crippen molar-refractivity contribution in [1.29, 1.82) is 0 Å². The topological polar surface area (TPSA) is 117 Å². The van der Waals surface area contributed by atoms with Crippen LogP contribution in [0.1, 0.15) is 12.8 Å². The van der Waals surface area contributed by atoms with Crippen molar-refractivity contribution in [3.8, 4) is 0 Å². The molecule has 0 aliphatic carbocycles. The molecule has 0 rings (SSSR count). The van der Waals surface area contributed by atoms with Gasteiger partial charge in [0, 0.05) is 33.2 Å². The number of carbonyl (C=O) groups is 2. The van der Waals surface area contributed by atoms with Gasteiger partial charge in [0.1, 0.15) is 0 Å². The molecule has 19 heavy (non-hydrogen) atoms. The number of urea groups is 1. The lowest BCUT2D eigenvalue weighted by atomic mass is 10.2. The second kappa shape index (κ2) is 11.7. The van der Waals surface area contributed by atoms with Crippen molar-refractivity contribution in [3.05, 3.63) is 0 Å². The Bertz CT molecular complexity index is 262. The Hall–Kier alpha value is -1.38. The van der Waals surface area contributed by atoms with Crippen molar-refractivity contribution in [1.82, 2.24) is 10.6 Å². The van der Waals surface area contributed by atoms with Gasteiger partial charge < -0.3 is 30.3 Å². The fraction of sp³-hybridized carbons (Fsp3) is 0.818. The molecule has 0 aliphatic heterocycles. The minimum Gasteiger partial charge on any atom is -0.479 e. The molecule has 4 N–H and O–H groups in total. The zero-order valence-corrected chi connectivity index (χ0v) is 11.1. The third-order valence-electron chi connectivity index (χ3n) is 2.17. The van der Waals surface area contributed by atoms with Gasteiger partial charge in [0.15, 0.2) is 6.10 Å². The summed E-state index contributed by atoms with van der Waals surface area (Å²) in [5.41, 5.74) is 0. The number of aliphatic hydroxyl groups excluding tert-OH is 1. The molecule has 0 bridgehead atoms. The number of aliphatic carboxylic acids is 1. The molecular formula is C11H22N2O6.